The maximum absolute atomic E-state index is 13.4. The first-order chi connectivity index (χ1) is 14.5. The van der Waals surface area contributed by atoms with Crippen molar-refractivity contribution in [1.82, 2.24) is 4.98 Å². The van der Waals surface area contributed by atoms with Crippen LogP contribution in [0.1, 0.15) is 17.3 Å². The number of aromatic nitrogens is 1. The summed E-state index contributed by atoms with van der Waals surface area (Å²) in [5.41, 5.74) is 0.768. The molecule has 0 fully saturated rings. The van der Waals surface area contributed by atoms with E-state index in [1.165, 1.54) is 37.3 Å². The van der Waals surface area contributed by atoms with Gasteiger partial charge in [0.1, 0.15) is 0 Å². The zero-order valence-electron chi connectivity index (χ0n) is 16.3. The van der Waals surface area contributed by atoms with E-state index in [1.807, 2.05) is 0 Å². The number of ether oxygens (including phenoxy) is 1. The van der Waals surface area contributed by atoms with Gasteiger partial charge in [0.2, 0.25) is 0 Å². The molecule has 31 heavy (non-hydrogen) atoms. The number of benzene rings is 2. The van der Waals surface area contributed by atoms with Crippen LogP contribution in [0.3, 0.4) is 0 Å². The zero-order chi connectivity index (χ0) is 22.8. The number of halogens is 2. The number of hydrogen-bond donors (Lipinski definition) is 1. The SMILES string of the molecule is CC(OC(=O)c1ccc(S(C)(=O)=O)cc1)C(=O)Nc1nc(-c2ccc(F)c(F)c2)cs1. The van der Waals surface area contributed by atoms with Gasteiger partial charge in [0.05, 0.1) is 16.2 Å². The van der Waals surface area contributed by atoms with Gasteiger partial charge in [-0.05, 0) is 49.4 Å². The highest BCUT2D eigenvalue weighted by Gasteiger charge is 2.21. The van der Waals surface area contributed by atoms with Crippen LogP contribution in [0, 0.1) is 11.6 Å². The fraction of sp³-hybridized carbons (Fsp3) is 0.150. The molecule has 0 radical (unpaired) electrons. The topological polar surface area (TPSA) is 102 Å². The van der Waals surface area contributed by atoms with Crippen molar-refractivity contribution in [1.29, 1.82) is 0 Å². The van der Waals surface area contributed by atoms with Crippen LogP contribution < -0.4 is 5.32 Å². The Hall–Kier alpha value is -3.18. The van der Waals surface area contributed by atoms with Gasteiger partial charge in [0, 0.05) is 17.2 Å². The molecule has 2 aromatic carbocycles. The van der Waals surface area contributed by atoms with E-state index in [9.17, 15) is 26.8 Å². The molecule has 1 N–H and O–H groups in total. The largest absolute Gasteiger partial charge is 0.449 e. The Morgan fingerprint density at radius 2 is 1.77 bits per heavy atom. The van der Waals surface area contributed by atoms with Crippen LogP contribution in [0.5, 0.6) is 0 Å². The standard InChI is InChI=1S/C20H16F2N2O5S2/c1-11(29-19(26)12-3-6-14(7-4-12)31(2,27)28)18(25)24-20-23-17(10-30-20)13-5-8-15(21)16(22)9-13/h3-11H,1-2H3,(H,23,24,25). The maximum Gasteiger partial charge on any atom is 0.338 e. The van der Waals surface area contributed by atoms with E-state index in [0.29, 0.717) is 11.3 Å². The normalized spacial score (nSPS) is 12.3. The average Bonchev–Trinajstić information content (AvgIpc) is 3.17. The van der Waals surface area contributed by atoms with Gasteiger partial charge < -0.3 is 4.74 Å². The molecule has 1 heterocycles. The van der Waals surface area contributed by atoms with E-state index in [1.54, 1.807) is 5.38 Å². The molecule has 7 nitrogen and oxygen atoms in total. The minimum absolute atomic E-state index is 0.0513. The Morgan fingerprint density at radius 3 is 2.39 bits per heavy atom. The predicted octanol–water partition coefficient (Wildman–Crippen LogP) is 3.68. The van der Waals surface area contributed by atoms with Gasteiger partial charge in [-0.1, -0.05) is 0 Å². The van der Waals surface area contributed by atoms with Crippen molar-refractivity contribution in [2.24, 2.45) is 0 Å². The molecule has 0 bridgehead atoms. The number of hydrogen-bond acceptors (Lipinski definition) is 7. The number of carbonyl (C=O) groups excluding carboxylic acids is 2. The zero-order valence-corrected chi connectivity index (χ0v) is 17.9. The highest BCUT2D eigenvalue weighted by Crippen LogP contribution is 2.26. The number of amides is 1. The van der Waals surface area contributed by atoms with E-state index in [4.69, 9.17) is 4.74 Å². The number of rotatable bonds is 6. The van der Waals surface area contributed by atoms with E-state index in [0.717, 1.165) is 29.7 Å². The lowest BCUT2D eigenvalue weighted by Gasteiger charge is -2.12. The first-order valence-electron chi connectivity index (χ1n) is 8.77. The Kier molecular flexibility index (Phi) is 6.46. The average molecular weight is 466 g/mol. The van der Waals surface area contributed by atoms with Crippen LogP contribution in [0.2, 0.25) is 0 Å². The van der Waals surface area contributed by atoms with E-state index >= 15 is 0 Å². The summed E-state index contributed by atoms with van der Waals surface area (Å²) < 4.78 is 54.5. The molecule has 1 amide bonds. The highest BCUT2D eigenvalue weighted by molar-refractivity contribution is 7.90. The molecular weight excluding hydrogens is 450 g/mol. The van der Waals surface area contributed by atoms with E-state index in [-0.39, 0.29) is 15.6 Å². The van der Waals surface area contributed by atoms with Gasteiger partial charge in [-0.25, -0.2) is 27.0 Å². The number of esters is 1. The maximum atomic E-state index is 13.4. The second-order valence-electron chi connectivity index (χ2n) is 6.50. The van der Waals surface area contributed by atoms with Crippen molar-refractivity contribution in [2.75, 3.05) is 11.6 Å². The van der Waals surface area contributed by atoms with Crippen molar-refractivity contribution in [3.63, 3.8) is 0 Å². The second-order valence-corrected chi connectivity index (χ2v) is 9.37. The number of nitrogens with one attached hydrogen (secondary N) is 1. The molecule has 162 valence electrons. The van der Waals surface area contributed by atoms with Crippen LogP contribution >= 0.6 is 11.3 Å². The third-order valence-corrected chi connectivity index (χ3v) is 6.01. The summed E-state index contributed by atoms with van der Waals surface area (Å²) in [6.07, 6.45) is -0.124. The van der Waals surface area contributed by atoms with Crippen LogP contribution in [0.4, 0.5) is 13.9 Å². The summed E-state index contributed by atoms with van der Waals surface area (Å²) in [7, 11) is -3.40. The monoisotopic (exact) mass is 466 g/mol. The van der Waals surface area contributed by atoms with E-state index in [2.05, 4.69) is 10.3 Å². The number of sulfone groups is 1. The summed E-state index contributed by atoms with van der Waals surface area (Å²) in [6.45, 7) is 1.36. The van der Waals surface area contributed by atoms with Gasteiger partial charge in [0.25, 0.3) is 5.91 Å². The molecule has 1 unspecified atom stereocenters. The van der Waals surface area contributed by atoms with Crippen molar-refractivity contribution >= 4 is 38.2 Å². The Bertz CT molecular complexity index is 1240. The molecule has 3 rings (SSSR count). The van der Waals surface area contributed by atoms with Crippen LogP contribution in [-0.4, -0.2) is 37.6 Å². The second kappa shape index (κ2) is 8.90. The third kappa shape index (κ3) is 5.50. The highest BCUT2D eigenvalue weighted by atomic mass is 32.2. The fourth-order valence-corrected chi connectivity index (χ4v) is 3.80. The van der Waals surface area contributed by atoms with Crippen molar-refractivity contribution in [2.45, 2.75) is 17.9 Å². The number of anilines is 1. The van der Waals surface area contributed by atoms with Gasteiger partial charge in [-0.2, -0.15) is 0 Å². The van der Waals surface area contributed by atoms with Crippen LogP contribution in [0.25, 0.3) is 11.3 Å². The van der Waals surface area contributed by atoms with Gasteiger partial charge >= 0.3 is 5.97 Å². The molecule has 0 aliphatic heterocycles. The molecule has 0 saturated heterocycles. The minimum atomic E-state index is -3.40. The summed E-state index contributed by atoms with van der Waals surface area (Å²) in [4.78, 5) is 28.7. The molecule has 3 aromatic rings. The molecule has 1 atom stereocenters. The first-order valence-corrected chi connectivity index (χ1v) is 11.5. The lowest BCUT2D eigenvalue weighted by atomic mass is 10.2. The lowest BCUT2D eigenvalue weighted by molar-refractivity contribution is -0.123. The summed E-state index contributed by atoms with van der Waals surface area (Å²) in [5.74, 6) is -3.44. The van der Waals surface area contributed by atoms with Crippen molar-refractivity contribution < 1.29 is 31.5 Å². The van der Waals surface area contributed by atoms with Crippen molar-refractivity contribution in [3.05, 3.63) is 65.0 Å². The molecule has 1 aromatic heterocycles. The Labute approximate surface area is 180 Å². The number of nitrogens with zero attached hydrogens (tertiary/aromatic N) is 1. The number of carbonyl (C=O) groups is 2. The Morgan fingerprint density at radius 1 is 1.10 bits per heavy atom. The lowest BCUT2D eigenvalue weighted by Crippen LogP contribution is -2.30. The smallest absolute Gasteiger partial charge is 0.338 e. The van der Waals surface area contributed by atoms with Crippen molar-refractivity contribution in [3.8, 4) is 11.3 Å². The van der Waals surface area contributed by atoms with Gasteiger partial charge in [0.15, 0.2) is 32.7 Å². The number of thiazole rings is 1. The summed E-state index contributed by atoms with van der Waals surface area (Å²) >= 11 is 1.06. The molecule has 0 spiro atoms. The minimum Gasteiger partial charge on any atom is -0.449 e. The first kappa shape index (κ1) is 22.5. The van der Waals surface area contributed by atoms with Gasteiger partial charge in [-0.3, -0.25) is 10.1 Å². The van der Waals surface area contributed by atoms with Gasteiger partial charge in [-0.15, -0.1) is 11.3 Å². The van der Waals surface area contributed by atoms with Crippen LogP contribution in [0.15, 0.2) is 52.7 Å². The Balaban J connectivity index is 1.62. The third-order valence-electron chi connectivity index (χ3n) is 4.12. The molecular formula is C20H16F2N2O5S2. The van der Waals surface area contributed by atoms with E-state index < -0.39 is 39.5 Å². The molecule has 0 saturated carbocycles. The summed E-state index contributed by atoms with van der Waals surface area (Å²) in [6, 6.07) is 8.45. The molecule has 11 heteroatoms. The molecule has 0 aliphatic carbocycles. The quantitative estimate of drug-likeness (QED) is 0.556. The molecule has 0 aliphatic rings. The predicted molar refractivity (Wildman–Crippen MR) is 111 cm³/mol. The van der Waals surface area contributed by atoms with Crippen LogP contribution in [-0.2, 0) is 19.4 Å². The summed E-state index contributed by atoms with van der Waals surface area (Å²) in [5, 5.41) is 4.23. The fourth-order valence-electron chi connectivity index (χ4n) is 2.45.